The second-order valence-corrected chi connectivity index (χ2v) is 12.7. The number of rotatable bonds is 16. The zero-order valence-electron chi connectivity index (χ0n) is 27.2. The number of aliphatic carboxylic acids is 1. The van der Waals surface area contributed by atoms with Crippen molar-refractivity contribution in [3.63, 3.8) is 0 Å². The van der Waals surface area contributed by atoms with Gasteiger partial charge in [0.25, 0.3) is 0 Å². The lowest BCUT2D eigenvalue weighted by Gasteiger charge is -2.39. The highest BCUT2D eigenvalue weighted by Gasteiger charge is 2.34. The monoisotopic (exact) mass is 640 g/mol. The molecule has 1 heterocycles. The Morgan fingerprint density at radius 3 is 2.32 bits per heavy atom. The van der Waals surface area contributed by atoms with Crippen molar-refractivity contribution in [3.05, 3.63) is 108 Å². The van der Waals surface area contributed by atoms with Crippen molar-refractivity contribution < 1.29 is 29.3 Å². The second kappa shape index (κ2) is 17.4. The third-order valence-corrected chi connectivity index (χ3v) is 9.24. The van der Waals surface area contributed by atoms with Crippen molar-refractivity contribution in [2.24, 2.45) is 0 Å². The Kier molecular flexibility index (Phi) is 12.8. The zero-order chi connectivity index (χ0) is 33.0. The summed E-state index contributed by atoms with van der Waals surface area (Å²) in [6.45, 7) is 6.12. The summed E-state index contributed by atoms with van der Waals surface area (Å²) in [5.41, 5.74) is 6.01. The fourth-order valence-electron chi connectivity index (χ4n) is 6.65. The molecule has 250 valence electrons. The van der Waals surface area contributed by atoms with Gasteiger partial charge in [0.05, 0.1) is 18.8 Å². The summed E-state index contributed by atoms with van der Waals surface area (Å²) < 4.78 is 13.3. The molecule has 3 aromatic rings. The van der Waals surface area contributed by atoms with Crippen LogP contribution in [0.3, 0.4) is 0 Å². The van der Waals surface area contributed by atoms with Gasteiger partial charge in [0.2, 0.25) is 5.91 Å². The van der Waals surface area contributed by atoms with Crippen LogP contribution in [0.4, 0.5) is 0 Å². The number of unbranched alkanes of at least 4 members (excludes halogenated alkanes) is 1. The van der Waals surface area contributed by atoms with Gasteiger partial charge in [0.1, 0.15) is 0 Å². The first-order valence-corrected chi connectivity index (χ1v) is 16.9. The van der Waals surface area contributed by atoms with E-state index in [9.17, 15) is 14.7 Å². The number of aliphatic hydroxyl groups excluding tert-OH is 1. The largest absolute Gasteiger partial charge is 0.481 e. The first kappa shape index (κ1) is 34.5. The number of carbonyl (C=O) groups is 2. The molecule has 1 saturated heterocycles. The van der Waals surface area contributed by atoms with Crippen molar-refractivity contribution in [1.29, 1.82) is 0 Å². The van der Waals surface area contributed by atoms with Crippen LogP contribution in [-0.4, -0.2) is 52.2 Å². The topological polar surface area (TPSA) is 108 Å². The summed E-state index contributed by atoms with van der Waals surface area (Å²) in [6.07, 6.45) is 8.53. The summed E-state index contributed by atoms with van der Waals surface area (Å²) >= 11 is 0. The number of aliphatic hydroxyl groups is 1. The van der Waals surface area contributed by atoms with E-state index in [2.05, 4.69) is 53.2 Å². The minimum Gasteiger partial charge on any atom is -0.481 e. The standard InChI is InChI=1S/C39H48N2O6/c1-2-22-41(34-10-3-4-11-34)26-35-24-36(31-16-14-28(27-42)15-17-31)47-39(46-35)32-20-18-30(19-21-32)33-9-7-8-29(23-33)25-40-37(43)12-5-6-13-38(44)45/h2,7-9,14-21,23,34-36,39,42H,1,3-6,10-13,22,24-27H2,(H,40,43)(H,44,45)/t35-,36+,39+/m0/s1. The predicted octanol–water partition coefficient (Wildman–Crippen LogP) is 7.08. The van der Waals surface area contributed by atoms with Crippen molar-refractivity contribution in [3.8, 4) is 11.1 Å². The Morgan fingerprint density at radius 1 is 0.894 bits per heavy atom. The maximum atomic E-state index is 12.2. The third-order valence-electron chi connectivity index (χ3n) is 9.24. The normalized spacial score (nSPS) is 19.9. The molecule has 0 unspecified atom stereocenters. The summed E-state index contributed by atoms with van der Waals surface area (Å²) in [5, 5.41) is 21.3. The predicted molar refractivity (Wildman–Crippen MR) is 182 cm³/mol. The molecule has 1 amide bonds. The lowest BCUT2D eigenvalue weighted by atomic mass is 9.98. The lowest BCUT2D eigenvalue weighted by molar-refractivity contribution is -0.253. The van der Waals surface area contributed by atoms with Gasteiger partial charge in [0.15, 0.2) is 6.29 Å². The average molecular weight is 641 g/mol. The van der Waals surface area contributed by atoms with Gasteiger partial charge >= 0.3 is 5.97 Å². The molecule has 47 heavy (non-hydrogen) atoms. The number of nitrogens with one attached hydrogen (secondary N) is 1. The number of carboxylic acid groups (broad SMARTS) is 1. The van der Waals surface area contributed by atoms with E-state index in [0.717, 1.165) is 52.9 Å². The van der Waals surface area contributed by atoms with Crippen LogP contribution in [0, 0.1) is 0 Å². The molecule has 3 N–H and O–H groups in total. The average Bonchev–Trinajstić information content (AvgIpc) is 3.64. The molecule has 2 aliphatic rings. The Morgan fingerprint density at radius 2 is 1.62 bits per heavy atom. The lowest BCUT2D eigenvalue weighted by Crippen LogP contribution is -2.43. The van der Waals surface area contributed by atoms with E-state index in [0.29, 0.717) is 31.8 Å². The quantitative estimate of drug-likeness (QED) is 0.113. The smallest absolute Gasteiger partial charge is 0.303 e. The molecule has 8 heteroatoms. The molecule has 1 saturated carbocycles. The molecule has 2 fully saturated rings. The number of amides is 1. The molecule has 5 rings (SSSR count). The maximum absolute atomic E-state index is 12.2. The highest BCUT2D eigenvalue weighted by molar-refractivity contribution is 5.76. The van der Waals surface area contributed by atoms with Gasteiger partial charge < -0.3 is 25.0 Å². The number of hydrogen-bond donors (Lipinski definition) is 3. The van der Waals surface area contributed by atoms with Gasteiger partial charge in [-0.15, -0.1) is 6.58 Å². The van der Waals surface area contributed by atoms with Crippen LogP contribution < -0.4 is 5.32 Å². The van der Waals surface area contributed by atoms with Crippen molar-refractivity contribution >= 4 is 11.9 Å². The highest BCUT2D eigenvalue weighted by atomic mass is 16.7. The summed E-state index contributed by atoms with van der Waals surface area (Å²) in [5.74, 6) is -0.910. The minimum absolute atomic E-state index is 0.0120. The van der Waals surface area contributed by atoms with E-state index in [1.54, 1.807) is 0 Å². The number of benzene rings is 3. The number of hydrogen-bond acceptors (Lipinski definition) is 6. The van der Waals surface area contributed by atoms with E-state index in [1.165, 1.54) is 25.7 Å². The number of ether oxygens (including phenoxy) is 2. The Bertz CT molecular complexity index is 1450. The molecule has 0 radical (unpaired) electrons. The van der Waals surface area contributed by atoms with Crippen LogP contribution in [0.25, 0.3) is 11.1 Å². The Balaban J connectivity index is 1.26. The fourth-order valence-corrected chi connectivity index (χ4v) is 6.65. The molecular formula is C39H48N2O6. The van der Waals surface area contributed by atoms with Gasteiger partial charge in [-0.05, 0) is 59.6 Å². The molecule has 1 aliphatic heterocycles. The van der Waals surface area contributed by atoms with Crippen LogP contribution in [0.1, 0.15) is 92.4 Å². The van der Waals surface area contributed by atoms with E-state index < -0.39 is 12.3 Å². The second-order valence-electron chi connectivity index (χ2n) is 12.7. The Labute approximate surface area is 278 Å². The molecule has 0 bridgehead atoms. The maximum Gasteiger partial charge on any atom is 0.303 e. The van der Waals surface area contributed by atoms with Gasteiger partial charge in [-0.25, -0.2) is 0 Å². The molecule has 0 aromatic heterocycles. The van der Waals surface area contributed by atoms with Gasteiger partial charge in [-0.3, -0.25) is 14.5 Å². The Hall–Kier alpha value is -3.82. The van der Waals surface area contributed by atoms with Crippen molar-refractivity contribution in [2.75, 3.05) is 13.1 Å². The first-order chi connectivity index (χ1) is 22.9. The molecule has 3 atom stereocenters. The molecule has 1 aliphatic carbocycles. The molecule has 3 aromatic carbocycles. The third kappa shape index (κ3) is 10.1. The number of carboxylic acids is 1. The van der Waals surface area contributed by atoms with Crippen molar-refractivity contribution in [1.82, 2.24) is 10.2 Å². The number of nitrogens with zero attached hydrogens (tertiary/aromatic N) is 1. The fraction of sp³-hybridized carbons (Fsp3) is 0.436. The summed E-state index contributed by atoms with van der Waals surface area (Å²) in [4.78, 5) is 25.4. The summed E-state index contributed by atoms with van der Waals surface area (Å²) in [7, 11) is 0. The zero-order valence-corrected chi connectivity index (χ0v) is 27.2. The molecule has 0 spiro atoms. The molecule has 8 nitrogen and oxygen atoms in total. The van der Waals surface area contributed by atoms with Gasteiger partial charge in [-0.1, -0.05) is 85.6 Å². The van der Waals surface area contributed by atoms with Gasteiger partial charge in [0, 0.05) is 50.5 Å². The van der Waals surface area contributed by atoms with Gasteiger partial charge in [-0.2, -0.15) is 0 Å². The van der Waals surface area contributed by atoms with Crippen LogP contribution in [-0.2, 0) is 32.2 Å². The van der Waals surface area contributed by atoms with Crippen molar-refractivity contribution in [2.45, 2.75) is 95.5 Å². The van der Waals surface area contributed by atoms with Crippen LogP contribution in [0.2, 0.25) is 0 Å². The van der Waals surface area contributed by atoms with Crippen LogP contribution >= 0.6 is 0 Å². The number of carbonyl (C=O) groups excluding carboxylic acids is 1. The van der Waals surface area contributed by atoms with E-state index in [4.69, 9.17) is 14.6 Å². The summed E-state index contributed by atoms with van der Waals surface area (Å²) in [6, 6.07) is 25.0. The van der Waals surface area contributed by atoms with E-state index in [-0.39, 0.29) is 31.1 Å². The van der Waals surface area contributed by atoms with Crippen LogP contribution in [0.5, 0.6) is 0 Å². The van der Waals surface area contributed by atoms with E-state index in [1.807, 2.05) is 42.5 Å². The van der Waals surface area contributed by atoms with Crippen LogP contribution in [0.15, 0.2) is 85.5 Å². The molecular weight excluding hydrogens is 592 g/mol. The SMILES string of the molecule is C=CCN(C[C@@H]1C[C@H](c2ccc(CO)cc2)O[C@H](c2ccc(-c3cccc(CNC(=O)CCCCC(=O)O)c3)cc2)O1)C1CCCC1. The minimum atomic E-state index is -0.835. The first-order valence-electron chi connectivity index (χ1n) is 16.9. The van der Waals surface area contributed by atoms with E-state index >= 15 is 0 Å². The highest BCUT2D eigenvalue weighted by Crippen LogP contribution is 2.39.